The summed E-state index contributed by atoms with van der Waals surface area (Å²) in [5.41, 5.74) is 0.945. The first-order valence-electron chi connectivity index (χ1n) is 12.0. The highest BCUT2D eigenvalue weighted by Gasteiger charge is 2.28. The Bertz CT molecular complexity index is 779. The predicted molar refractivity (Wildman–Crippen MR) is 135 cm³/mol. The number of hydrogen-bond acceptors (Lipinski definition) is 6. The molecule has 1 heterocycles. The molecule has 9 heteroatoms. The van der Waals surface area contributed by atoms with Gasteiger partial charge in [0.2, 0.25) is 11.8 Å². The molecule has 1 fully saturated rings. The van der Waals surface area contributed by atoms with E-state index in [9.17, 15) is 19.5 Å². The molecule has 1 saturated heterocycles. The van der Waals surface area contributed by atoms with Crippen molar-refractivity contribution >= 4 is 29.5 Å². The van der Waals surface area contributed by atoms with Crippen molar-refractivity contribution in [2.45, 2.75) is 70.2 Å². The molecule has 0 aromatic heterocycles. The molecule has 1 aromatic rings. The van der Waals surface area contributed by atoms with Gasteiger partial charge in [-0.05, 0) is 36.3 Å². The molecule has 1 aromatic carbocycles. The Morgan fingerprint density at radius 2 is 2.03 bits per heavy atom. The van der Waals surface area contributed by atoms with Gasteiger partial charge in [-0.25, -0.2) is 4.79 Å². The van der Waals surface area contributed by atoms with E-state index in [1.54, 1.807) is 11.8 Å². The normalized spacial score (nSPS) is 19.1. The Morgan fingerprint density at radius 1 is 1.29 bits per heavy atom. The van der Waals surface area contributed by atoms with Gasteiger partial charge in [0.15, 0.2) is 0 Å². The molecular formula is C25H39N3O5S. The maximum atomic E-state index is 13.1. The standard InChI is InChI=1S/C25H39N3O5S/c1-4-17(2)21(26-15-19-10-11-23(29)27-19)16-33-22(14-18-8-6-5-7-9-18)24(30)28-20(25(31)32)12-13-34-3/h5-9,17,19-22,26H,4,10-16H2,1-3H3,(H,27,29)(H,28,30)(H,31,32)/t17-,19-,20-,21+,22?/m0/s1. The van der Waals surface area contributed by atoms with Gasteiger partial charge in [-0.2, -0.15) is 11.8 Å². The van der Waals surface area contributed by atoms with Crippen LogP contribution in [0.25, 0.3) is 0 Å². The van der Waals surface area contributed by atoms with Crippen LogP contribution in [0.5, 0.6) is 0 Å². The van der Waals surface area contributed by atoms with E-state index in [4.69, 9.17) is 4.74 Å². The summed E-state index contributed by atoms with van der Waals surface area (Å²) in [6.07, 6.45) is 4.10. The minimum absolute atomic E-state index is 0.000312. The lowest BCUT2D eigenvalue weighted by molar-refractivity contribution is -0.144. The monoisotopic (exact) mass is 493 g/mol. The number of thioether (sulfide) groups is 1. The molecule has 1 aliphatic heterocycles. The van der Waals surface area contributed by atoms with Gasteiger partial charge in [-0.1, -0.05) is 50.6 Å². The molecule has 34 heavy (non-hydrogen) atoms. The van der Waals surface area contributed by atoms with Crippen LogP contribution in [0.2, 0.25) is 0 Å². The van der Waals surface area contributed by atoms with Crippen molar-refractivity contribution < 1.29 is 24.2 Å². The molecule has 0 aliphatic carbocycles. The summed E-state index contributed by atoms with van der Waals surface area (Å²) in [7, 11) is 0. The number of carbonyl (C=O) groups is 3. The SMILES string of the molecule is CC[C@H](C)[C@@H](COC(Cc1ccccc1)C(=O)N[C@@H](CCSC)C(=O)O)NC[C@@H]1CCC(=O)N1. The summed E-state index contributed by atoms with van der Waals surface area (Å²) >= 11 is 1.54. The number of amides is 2. The fraction of sp³-hybridized carbons (Fsp3) is 0.640. The summed E-state index contributed by atoms with van der Waals surface area (Å²) in [6, 6.07) is 8.74. The highest BCUT2D eigenvalue weighted by Crippen LogP contribution is 2.14. The molecule has 0 bridgehead atoms. The van der Waals surface area contributed by atoms with Crippen LogP contribution in [0.1, 0.15) is 45.1 Å². The quantitative estimate of drug-likeness (QED) is 0.279. The van der Waals surface area contributed by atoms with Gasteiger partial charge in [0.25, 0.3) is 0 Å². The topological polar surface area (TPSA) is 117 Å². The van der Waals surface area contributed by atoms with Crippen LogP contribution in [-0.2, 0) is 25.5 Å². The summed E-state index contributed by atoms with van der Waals surface area (Å²) in [4.78, 5) is 36.3. The minimum Gasteiger partial charge on any atom is -0.480 e. The van der Waals surface area contributed by atoms with Crippen LogP contribution in [0.4, 0.5) is 0 Å². The van der Waals surface area contributed by atoms with E-state index in [0.29, 0.717) is 44.1 Å². The van der Waals surface area contributed by atoms with Gasteiger partial charge in [0.1, 0.15) is 12.1 Å². The van der Waals surface area contributed by atoms with Crippen LogP contribution in [0.15, 0.2) is 30.3 Å². The van der Waals surface area contributed by atoms with Gasteiger partial charge in [-0.15, -0.1) is 0 Å². The van der Waals surface area contributed by atoms with E-state index in [2.05, 4.69) is 29.8 Å². The second kappa shape index (κ2) is 15.0. The summed E-state index contributed by atoms with van der Waals surface area (Å²) in [5.74, 6) is -0.441. The smallest absolute Gasteiger partial charge is 0.326 e. The van der Waals surface area contributed by atoms with Gasteiger partial charge in [-0.3, -0.25) is 9.59 Å². The molecule has 8 nitrogen and oxygen atoms in total. The van der Waals surface area contributed by atoms with Crippen molar-refractivity contribution in [1.29, 1.82) is 0 Å². The molecule has 4 N–H and O–H groups in total. The average molecular weight is 494 g/mol. The van der Waals surface area contributed by atoms with Gasteiger partial charge in [0, 0.05) is 31.5 Å². The number of ether oxygens (including phenoxy) is 1. The molecule has 0 spiro atoms. The van der Waals surface area contributed by atoms with Crippen LogP contribution < -0.4 is 16.0 Å². The van der Waals surface area contributed by atoms with Crippen molar-refractivity contribution in [1.82, 2.24) is 16.0 Å². The van der Waals surface area contributed by atoms with Crippen molar-refractivity contribution in [2.24, 2.45) is 5.92 Å². The van der Waals surface area contributed by atoms with Crippen molar-refractivity contribution in [2.75, 3.05) is 25.2 Å². The van der Waals surface area contributed by atoms with Crippen LogP contribution >= 0.6 is 11.8 Å². The maximum absolute atomic E-state index is 13.1. The molecule has 2 amide bonds. The van der Waals surface area contributed by atoms with Crippen molar-refractivity contribution in [3.05, 3.63) is 35.9 Å². The number of nitrogens with one attached hydrogen (secondary N) is 3. The number of carboxylic acid groups (broad SMARTS) is 1. The van der Waals surface area contributed by atoms with Crippen molar-refractivity contribution in [3.8, 4) is 0 Å². The Kier molecular flexibility index (Phi) is 12.4. The Morgan fingerprint density at radius 3 is 2.62 bits per heavy atom. The number of hydrogen-bond donors (Lipinski definition) is 4. The molecule has 2 rings (SSSR count). The number of benzene rings is 1. The minimum atomic E-state index is -1.04. The molecule has 5 atom stereocenters. The van der Waals surface area contributed by atoms with Crippen LogP contribution in [0.3, 0.4) is 0 Å². The second-order valence-electron chi connectivity index (χ2n) is 8.90. The number of aliphatic carboxylic acids is 1. The molecule has 190 valence electrons. The van der Waals surface area contributed by atoms with Gasteiger partial charge < -0.3 is 25.8 Å². The highest BCUT2D eigenvalue weighted by atomic mass is 32.2. The van der Waals surface area contributed by atoms with E-state index in [1.165, 1.54) is 0 Å². The zero-order chi connectivity index (χ0) is 24.9. The average Bonchev–Trinajstić information content (AvgIpc) is 3.25. The largest absolute Gasteiger partial charge is 0.480 e. The number of carboxylic acids is 1. The fourth-order valence-corrected chi connectivity index (χ4v) is 4.34. The predicted octanol–water partition coefficient (Wildman–Crippen LogP) is 2.22. The van der Waals surface area contributed by atoms with E-state index in [1.807, 2.05) is 36.6 Å². The summed E-state index contributed by atoms with van der Waals surface area (Å²) in [6.45, 7) is 5.19. The van der Waals surface area contributed by atoms with Gasteiger partial charge >= 0.3 is 5.97 Å². The van der Waals surface area contributed by atoms with E-state index >= 15 is 0 Å². The number of rotatable bonds is 16. The Hall–Kier alpha value is -2.10. The third kappa shape index (κ3) is 9.64. The number of carbonyl (C=O) groups excluding carboxylic acids is 2. The molecule has 0 radical (unpaired) electrons. The lowest BCUT2D eigenvalue weighted by Gasteiger charge is -2.28. The lowest BCUT2D eigenvalue weighted by atomic mass is 9.99. The van der Waals surface area contributed by atoms with Gasteiger partial charge in [0.05, 0.1) is 6.61 Å². The zero-order valence-corrected chi connectivity index (χ0v) is 21.2. The first-order chi connectivity index (χ1) is 16.3. The first kappa shape index (κ1) is 28.1. The molecular weight excluding hydrogens is 454 g/mol. The van der Waals surface area contributed by atoms with Crippen molar-refractivity contribution in [3.63, 3.8) is 0 Å². The summed E-state index contributed by atoms with van der Waals surface area (Å²) in [5, 5.41) is 18.7. The molecule has 1 aliphatic rings. The lowest BCUT2D eigenvalue weighted by Crippen LogP contribution is -2.49. The molecule has 0 saturated carbocycles. The van der Waals surface area contributed by atoms with E-state index < -0.39 is 24.0 Å². The fourth-order valence-electron chi connectivity index (χ4n) is 3.87. The summed E-state index contributed by atoms with van der Waals surface area (Å²) < 4.78 is 6.15. The molecule has 1 unspecified atom stereocenters. The maximum Gasteiger partial charge on any atom is 0.326 e. The van der Waals surface area contributed by atoms with E-state index in [-0.39, 0.29) is 18.0 Å². The zero-order valence-electron chi connectivity index (χ0n) is 20.4. The third-order valence-electron chi connectivity index (χ3n) is 6.30. The Balaban J connectivity index is 2.06. The van der Waals surface area contributed by atoms with E-state index in [0.717, 1.165) is 18.4 Å². The van der Waals surface area contributed by atoms with Crippen LogP contribution in [0, 0.1) is 5.92 Å². The second-order valence-corrected chi connectivity index (χ2v) is 9.88. The first-order valence-corrected chi connectivity index (χ1v) is 13.4. The third-order valence-corrected chi connectivity index (χ3v) is 6.94. The van der Waals surface area contributed by atoms with Crippen LogP contribution in [-0.4, -0.2) is 72.3 Å². The Labute approximate surface area is 207 Å². The highest BCUT2D eigenvalue weighted by molar-refractivity contribution is 7.98.